The van der Waals surface area contributed by atoms with Gasteiger partial charge in [0.2, 0.25) is 0 Å². The van der Waals surface area contributed by atoms with E-state index in [1.54, 1.807) is 31.2 Å². The molecule has 0 aliphatic heterocycles. The maximum absolute atomic E-state index is 11.9. The Morgan fingerprint density at radius 3 is 2.79 bits per heavy atom. The molecule has 4 nitrogen and oxygen atoms in total. The second-order valence-electron chi connectivity index (χ2n) is 4.91. The van der Waals surface area contributed by atoms with Crippen LogP contribution in [0.3, 0.4) is 0 Å². The Hall–Kier alpha value is -1.82. The summed E-state index contributed by atoms with van der Waals surface area (Å²) in [6.45, 7) is 1.43. The molecule has 0 unspecified atom stereocenters. The lowest BCUT2D eigenvalue weighted by Crippen LogP contribution is -2.31. The average molecular weight is 384 g/mol. The molecule has 2 rings (SSSR count). The summed E-state index contributed by atoms with van der Waals surface area (Å²) >= 11 is 13.4. The molecule has 126 valence electrons. The van der Waals surface area contributed by atoms with Gasteiger partial charge < -0.3 is 10.1 Å². The van der Waals surface area contributed by atoms with Crippen LogP contribution in [0, 0.1) is 0 Å². The van der Waals surface area contributed by atoms with Crippen molar-refractivity contribution in [3.05, 3.63) is 62.3 Å². The molecule has 0 aliphatic rings. The molecule has 0 spiro atoms. The first-order chi connectivity index (χ1) is 11.5. The third kappa shape index (κ3) is 5.67. The molecule has 0 aliphatic carbocycles. The van der Waals surface area contributed by atoms with Crippen LogP contribution in [0.5, 0.6) is 0 Å². The number of hydrogen-bond donors (Lipinski definition) is 1. The van der Waals surface area contributed by atoms with E-state index >= 15 is 0 Å². The van der Waals surface area contributed by atoms with E-state index in [1.807, 2.05) is 17.5 Å². The SMILES string of the molecule is C[C@@H](NC(=O)COC(=O)/C=C/c1cccs1)c1ccc(Cl)cc1Cl. The lowest BCUT2D eigenvalue weighted by atomic mass is 10.1. The summed E-state index contributed by atoms with van der Waals surface area (Å²) in [4.78, 5) is 24.4. The lowest BCUT2D eigenvalue weighted by Gasteiger charge is -2.15. The quantitative estimate of drug-likeness (QED) is 0.590. The van der Waals surface area contributed by atoms with Gasteiger partial charge in [-0.1, -0.05) is 35.3 Å². The maximum atomic E-state index is 11.9. The second kappa shape index (κ2) is 8.87. The number of nitrogens with one attached hydrogen (secondary N) is 1. The fraction of sp³-hybridized carbons (Fsp3) is 0.176. The molecule has 24 heavy (non-hydrogen) atoms. The number of halogens is 2. The van der Waals surface area contributed by atoms with Crippen molar-refractivity contribution in [1.29, 1.82) is 0 Å². The predicted molar refractivity (Wildman–Crippen MR) is 97.3 cm³/mol. The number of rotatable bonds is 6. The molecule has 1 amide bonds. The van der Waals surface area contributed by atoms with Crippen molar-refractivity contribution in [1.82, 2.24) is 5.32 Å². The van der Waals surface area contributed by atoms with Crippen molar-refractivity contribution in [3.63, 3.8) is 0 Å². The van der Waals surface area contributed by atoms with E-state index in [0.717, 1.165) is 10.4 Å². The molecule has 2 aromatic rings. The summed E-state index contributed by atoms with van der Waals surface area (Å²) in [5.41, 5.74) is 0.735. The van der Waals surface area contributed by atoms with E-state index in [9.17, 15) is 9.59 Å². The number of carbonyl (C=O) groups is 2. The van der Waals surface area contributed by atoms with Gasteiger partial charge in [0.15, 0.2) is 6.61 Å². The van der Waals surface area contributed by atoms with Gasteiger partial charge in [-0.15, -0.1) is 11.3 Å². The normalized spacial score (nSPS) is 12.1. The molecule has 7 heteroatoms. The van der Waals surface area contributed by atoms with Crippen molar-refractivity contribution in [2.75, 3.05) is 6.61 Å². The van der Waals surface area contributed by atoms with Crippen LogP contribution in [-0.4, -0.2) is 18.5 Å². The molecular weight excluding hydrogens is 369 g/mol. The number of amides is 1. The van der Waals surface area contributed by atoms with Gasteiger partial charge in [0.25, 0.3) is 5.91 Å². The Labute approximate surface area is 154 Å². The largest absolute Gasteiger partial charge is 0.452 e. The van der Waals surface area contributed by atoms with E-state index < -0.39 is 11.9 Å². The third-order valence-corrected chi connectivity index (χ3v) is 4.48. The molecule has 0 fully saturated rings. The number of carbonyl (C=O) groups excluding carboxylic acids is 2. The van der Waals surface area contributed by atoms with Crippen LogP contribution < -0.4 is 5.32 Å². The molecule has 1 N–H and O–H groups in total. The fourth-order valence-corrected chi connectivity index (χ4v) is 3.12. The van der Waals surface area contributed by atoms with Crippen LogP contribution in [0.25, 0.3) is 6.08 Å². The van der Waals surface area contributed by atoms with Gasteiger partial charge in [0.1, 0.15) is 0 Å². The number of esters is 1. The lowest BCUT2D eigenvalue weighted by molar-refractivity contribution is -0.144. The van der Waals surface area contributed by atoms with Gasteiger partial charge in [-0.2, -0.15) is 0 Å². The average Bonchev–Trinajstić information content (AvgIpc) is 3.04. The van der Waals surface area contributed by atoms with E-state index in [1.165, 1.54) is 17.4 Å². The minimum Gasteiger partial charge on any atom is -0.452 e. The van der Waals surface area contributed by atoms with Gasteiger partial charge >= 0.3 is 5.97 Å². The highest BCUT2D eigenvalue weighted by atomic mass is 35.5. The van der Waals surface area contributed by atoms with E-state index in [2.05, 4.69) is 5.32 Å². The molecule has 0 radical (unpaired) electrons. The van der Waals surface area contributed by atoms with Crippen molar-refractivity contribution in [2.45, 2.75) is 13.0 Å². The first-order valence-corrected chi connectivity index (χ1v) is 8.72. The Morgan fingerprint density at radius 1 is 1.33 bits per heavy atom. The summed E-state index contributed by atoms with van der Waals surface area (Å²) in [5.74, 6) is -0.984. The number of hydrogen-bond acceptors (Lipinski definition) is 4. The smallest absolute Gasteiger partial charge is 0.331 e. The molecule has 1 heterocycles. The second-order valence-corrected chi connectivity index (χ2v) is 6.73. The van der Waals surface area contributed by atoms with Crippen LogP contribution in [0.2, 0.25) is 10.0 Å². The van der Waals surface area contributed by atoms with E-state index in [0.29, 0.717) is 10.0 Å². The molecule has 1 aromatic carbocycles. The van der Waals surface area contributed by atoms with Crippen molar-refractivity contribution in [2.24, 2.45) is 0 Å². The van der Waals surface area contributed by atoms with Crippen molar-refractivity contribution < 1.29 is 14.3 Å². The zero-order valence-electron chi connectivity index (χ0n) is 12.8. The topological polar surface area (TPSA) is 55.4 Å². The van der Waals surface area contributed by atoms with Gasteiger partial charge in [-0.25, -0.2) is 4.79 Å². The van der Waals surface area contributed by atoms with Crippen LogP contribution in [-0.2, 0) is 14.3 Å². The first-order valence-electron chi connectivity index (χ1n) is 7.08. The summed E-state index contributed by atoms with van der Waals surface area (Å²) in [5, 5.41) is 5.61. The van der Waals surface area contributed by atoms with E-state index in [-0.39, 0.29) is 12.6 Å². The van der Waals surface area contributed by atoms with Gasteiger partial charge in [-0.05, 0) is 42.1 Å². The molecule has 0 saturated carbocycles. The Morgan fingerprint density at radius 2 is 2.12 bits per heavy atom. The number of thiophene rings is 1. The maximum Gasteiger partial charge on any atom is 0.331 e. The summed E-state index contributed by atoms with van der Waals surface area (Å²) in [6.07, 6.45) is 2.93. The van der Waals surface area contributed by atoms with Gasteiger partial charge in [0.05, 0.1) is 6.04 Å². The first kappa shape index (κ1) is 18.5. The number of benzene rings is 1. The van der Waals surface area contributed by atoms with Crippen LogP contribution >= 0.6 is 34.5 Å². The summed E-state index contributed by atoms with van der Waals surface area (Å²) in [6, 6.07) is 8.47. The Bertz CT molecular complexity index is 744. The zero-order chi connectivity index (χ0) is 17.5. The number of ether oxygens (including phenoxy) is 1. The Balaban J connectivity index is 1.81. The molecule has 0 saturated heterocycles. The predicted octanol–water partition coefficient (Wildman–Crippen LogP) is 4.49. The van der Waals surface area contributed by atoms with Crippen molar-refractivity contribution in [3.8, 4) is 0 Å². The fourth-order valence-electron chi connectivity index (χ4n) is 1.93. The van der Waals surface area contributed by atoms with Crippen LogP contribution in [0.1, 0.15) is 23.4 Å². The molecule has 0 bridgehead atoms. The standard InChI is InChI=1S/C17H15Cl2NO3S/c1-11(14-6-4-12(18)9-15(14)19)20-16(21)10-23-17(22)7-5-13-3-2-8-24-13/h2-9,11H,10H2,1H3,(H,20,21)/b7-5+/t11-/m1/s1. The molecular formula is C17H15Cl2NO3S. The Kier molecular flexibility index (Phi) is 6.85. The van der Waals surface area contributed by atoms with Gasteiger partial charge in [-0.3, -0.25) is 4.79 Å². The van der Waals surface area contributed by atoms with E-state index in [4.69, 9.17) is 27.9 Å². The zero-order valence-corrected chi connectivity index (χ0v) is 15.1. The third-order valence-electron chi connectivity index (χ3n) is 3.08. The minimum absolute atomic E-state index is 0.331. The highest BCUT2D eigenvalue weighted by Gasteiger charge is 2.14. The monoisotopic (exact) mass is 383 g/mol. The van der Waals surface area contributed by atoms with Crippen molar-refractivity contribution >= 4 is 52.5 Å². The summed E-state index contributed by atoms with van der Waals surface area (Å²) < 4.78 is 4.90. The minimum atomic E-state index is -0.573. The van der Waals surface area contributed by atoms with Crippen LogP contribution in [0.4, 0.5) is 0 Å². The van der Waals surface area contributed by atoms with Crippen LogP contribution in [0.15, 0.2) is 41.8 Å². The summed E-state index contributed by atoms with van der Waals surface area (Å²) in [7, 11) is 0. The van der Waals surface area contributed by atoms with Gasteiger partial charge in [0, 0.05) is 21.0 Å². The highest BCUT2D eigenvalue weighted by molar-refractivity contribution is 7.10. The molecule has 1 aromatic heterocycles. The molecule has 1 atom stereocenters. The highest BCUT2D eigenvalue weighted by Crippen LogP contribution is 2.25.